The lowest BCUT2D eigenvalue weighted by Crippen LogP contribution is -2.45. The van der Waals surface area contributed by atoms with E-state index in [0.717, 1.165) is 25.7 Å². The molecule has 1 aromatic rings. The van der Waals surface area contributed by atoms with E-state index in [0.29, 0.717) is 5.56 Å². The number of esters is 1. The number of hydrogen-bond donors (Lipinski definition) is 2. The van der Waals surface area contributed by atoms with Crippen LogP contribution in [0.25, 0.3) is 0 Å². The SMILES string of the molecule is Cc1cc(=O)oc(C)c1C(=O)OCC(=O)NC(=O)NC1CCCC1. The first-order valence-electron chi connectivity index (χ1n) is 7.75. The first-order valence-corrected chi connectivity index (χ1v) is 7.75. The van der Waals surface area contributed by atoms with Crippen LogP contribution in [0.15, 0.2) is 15.3 Å². The van der Waals surface area contributed by atoms with Crippen LogP contribution in [-0.4, -0.2) is 30.6 Å². The van der Waals surface area contributed by atoms with Crippen LogP contribution in [0.3, 0.4) is 0 Å². The maximum atomic E-state index is 12.0. The summed E-state index contributed by atoms with van der Waals surface area (Å²) in [4.78, 5) is 46.5. The molecule has 3 amide bonds. The number of imide groups is 1. The number of carbonyl (C=O) groups excluding carboxylic acids is 3. The number of nitrogens with one attached hydrogen (secondary N) is 2. The molecular weight excluding hydrogens is 316 g/mol. The highest BCUT2D eigenvalue weighted by atomic mass is 16.5. The monoisotopic (exact) mass is 336 g/mol. The molecule has 8 nitrogen and oxygen atoms in total. The fourth-order valence-electron chi connectivity index (χ4n) is 2.72. The van der Waals surface area contributed by atoms with Crippen LogP contribution in [0.2, 0.25) is 0 Å². The van der Waals surface area contributed by atoms with Gasteiger partial charge >= 0.3 is 17.6 Å². The Hall–Kier alpha value is -2.64. The molecule has 24 heavy (non-hydrogen) atoms. The normalized spacial score (nSPS) is 14.2. The first-order chi connectivity index (χ1) is 11.4. The molecule has 1 aliphatic rings. The first kappa shape index (κ1) is 17.7. The fourth-order valence-corrected chi connectivity index (χ4v) is 2.72. The van der Waals surface area contributed by atoms with Crippen molar-refractivity contribution in [3.63, 3.8) is 0 Å². The van der Waals surface area contributed by atoms with Gasteiger partial charge in [0.05, 0.1) is 0 Å². The van der Waals surface area contributed by atoms with Crippen molar-refractivity contribution in [3.05, 3.63) is 33.4 Å². The quantitative estimate of drug-likeness (QED) is 0.798. The predicted octanol–water partition coefficient (Wildman–Crippen LogP) is 1.18. The van der Waals surface area contributed by atoms with Gasteiger partial charge in [-0.25, -0.2) is 14.4 Å². The van der Waals surface area contributed by atoms with Crippen molar-refractivity contribution in [1.82, 2.24) is 10.6 Å². The maximum Gasteiger partial charge on any atom is 0.342 e. The van der Waals surface area contributed by atoms with E-state index >= 15 is 0 Å². The molecule has 0 atom stereocenters. The average molecular weight is 336 g/mol. The summed E-state index contributed by atoms with van der Waals surface area (Å²) in [5, 5.41) is 4.80. The summed E-state index contributed by atoms with van der Waals surface area (Å²) in [5.74, 6) is -1.41. The van der Waals surface area contributed by atoms with Crippen molar-refractivity contribution in [3.8, 4) is 0 Å². The second-order valence-electron chi connectivity index (χ2n) is 5.76. The summed E-state index contributed by atoms with van der Waals surface area (Å²) in [7, 11) is 0. The van der Waals surface area contributed by atoms with Crippen LogP contribution in [0.4, 0.5) is 4.79 Å². The average Bonchev–Trinajstić information content (AvgIpc) is 2.96. The Labute approximate surface area is 138 Å². The minimum absolute atomic E-state index is 0.0814. The van der Waals surface area contributed by atoms with Gasteiger partial charge < -0.3 is 14.5 Å². The summed E-state index contributed by atoms with van der Waals surface area (Å²) >= 11 is 0. The molecule has 0 unspecified atom stereocenters. The van der Waals surface area contributed by atoms with Crippen LogP contribution >= 0.6 is 0 Å². The molecule has 0 aromatic carbocycles. The van der Waals surface area contributed by atoms with Crippen molar-refractivity contribution in [2.45, 2.75) is 45.6 Å². The van der Waals surface area contributed by atoms with Gasteiger partial charge in [0, 0.05) is 12.1 Å². The highest BCUT2D eigenvalue weighted by Gasteiger charge is 2.20. The molecule has 0 radical (unpaired) electrons. The number of carbonyl (C=O) groups is 3. The Morgan fingerprint density at radius 1 is 1.25 bits per heavy atom. The van der Waals surface area contributed by atoms with Crippen molar-refractivity contribution >= 4 is 17.9 Å². The van der Waals surface area contributed by atoms with Crippen molar-refractivity contribution in [2.24, 2.45) is 0 Å². The van der Waals surface area contributed by atoms with Crippen LogP contribution in [0, 0.1) is 13.8 Å². The van der Waals surface area contributed by atoms with Crippen molar-refractivity contribution in [1.29, 1.82) is 0 Å². The van der Waals surface area contributed by atoms with Gasteiger partial charge in [0.1, 0.15) is 11.3 Å². The fraction of sp³-hybridized carbons (Fsp3) is 0.500. The Morgan fingerprint density at radius 2 is 1.92 bits per heavy atom. The van der Waals surface area contributed by atoms with E-state index in [1.54, 1.807) is 6.92 Å². The Kier molecular flexibility index (Phi) is 5.73. The maximum absolute atomic E-state index is 12.0. The molecule has 1 fully saturated rings. The van der Waals surface area contributed by atoms with Crippen LogP contribution in [0.5, 0.6) is 0 Å². The molecular formula is C16H20N2O6. The summed E-state index contributed by atoms with van der Waals surface area (Å²) in [6.07, 6.45) is 3.91. The molecule has 130 valence electrons. The van der Waals surface area contributed by atoms with E-state index in [4.69, 9.17) is 9.15 Å². The van der Waals surface area contributed by atoms with Gasteiger partial charge in [0.2, 0.25) is 0 Å². The van der Waals surface area contributed by atoms with Gasteiger partial charge in [-0.1, -0.05) is 12.8 Å². The third kappa shape index (κ3) is 4.68. The molecule has 0 saturated heterocycles. The summed E-state index contributed by atoms with van der Waals surface area (Å²) in [6.45, 7) is 2.42. The van der Waals surface area contributed by atoms with Gasteiger partial charge in [-0.05, 0) is 32.3 Å². The molecule has 2 rings (SSSR count). The third-order valence-corrected chi connectivity index (χ3v) is 3.82. The molecule has 0 aliphatic heterocycles. The number of aryl methyl sites for hydroxylation is 2. The molecule has 1 heterocycles. The zero-order valence-corrected chi connectivity index (χ0v) is 13.6. The van der Waals surface area contributed by atoms with Gasteiger partial charge in [0.25, 0.3) is 5.91 Å². The van der Waals surface area contributed by atoms with E-state index in [2.05, 4.69) is 10.6 Å². The van der Waals surface area contributed by atoms with Gasteiger partial charge in [-0.15, -0.1) is 0 Å². The van der Waals surface area contributed by atoms with Crippen LogP contribution in [-0.2, 0) is 9.53 Å². The summed E-state index contributed by atoms with van der Waals surface area (Å²) < 4.78 is 9.70. The number of rotatable bonds is 4. The van der Waals surface area contributed by atoms with E-state index < -0.39 is 30.1 Å². The van der Waals surface area contributed by atoms with Crippen molar-refractivity contribution < 1.29 is 23.5 Å². The lowest BCUT2D eigenvalue weighted by Gasteiger charge is -2.12. The second-order valence-corrected chi connectivity index (χ2v) is 5.76. The zero-order valence-electron chi connectivity index (χ0n) is 13.6. The molecule has 2 N–H and O–H groups in total. The molecule has 8 heteroatoms. The predicted molar refractivity (Wildman–Crippen MR) is 83.7 cm³/mol. The highest BCUT2D eigenvalue weighted by molar-refractivity contribution is 5.97. The zero-order chi connectivity index (χ0) is 17.7. The third-order valence-electron chi connectivity index (χ3n) is 3.82. The van der Waals surface area contributed by atoms with Gasteiger partial charge in [-0.3, -0.25) is 10.1 Å². The largest absolute Gasteiger partial charge is 0.452 e. The molecule has 1 aliphatic carbocycles. The van der Waals surface area contributed by atoms with Gasteiger partial charge in [0.15, 0.2) is 6.61 Å². The standard InChI is InChI=1S/C16H20N2O6/c1-9-7-13(20)24-10(2)14(9)15(21)23-8-12(19)18-16(22)17-11-5-3-4-6-11/h7,11H,3-6,8H2,1-2H3,(H2,17,18,19,22). The Bertz CT molecular complexity index is 677. The molecule has 1 aromatic heterocycles. The molecule has 0 spiro atoms. The van der Waals surface area contributed by atoms with Gasteiger partial charge in [-0.2, -0.15) is 0 Å². The number of amides is 3. The van der Waals surface area contributed by atoms with E-state index in [1.807, 2.05) is 0 Å². The minimum Gasteiger partial charge on any atom is -0.452 e. The van der Waals surface area contributed by atoms with Crippen molar-refractivity contribution in [2.75, 3.05) is 6.61 Å². The van der Waals surface area contributed by atoms with E-state index in [-0.39, 0.29) is 17.4 Å². The summed E-state index contributed by atoms with van der Waals surface area (Å²) in [6, 6.07) is 0.650. The van der Waals surface area contributed by atoms with E-state index in [9.17, 15) is 19.2 Å². The lowest BCUT2D eigenvalue weighted by atomic mass is 10.1. The smallest absolute Gasteiger partial charge is 0.342 e. The van der Waals surface area contributed by atoms with Crippen LogP contribution < -0.4 is 16.3 Å². The summed E-state index contributed by atoms with van der Waals surface area (Å²) in [5.41, 5.74) is -0.0752. The second kappa shape index (κ2) is 7.76. The molecule has 1 saturated carbocycles. The Morgan fingerprint density at radius 3 is 2.54 bits per heavy atom. The van der Waals surface area contributed by atoms with E-state index in [1.165, 1.54) is 13.0 Å². The topological polar surface area (TPSA) is 115 Å². The van der Waals surface area contributed by atoms with Crippen LogP contribution in [0.1, 0.15) is 47.4 Å². The number of urea groups is 1. The number of ether oxygens (including phenoxy) is 1. The number of hydrogen-bond acceptors (Lipinski definition) is 6. The minimum atomic E-state index is -0.792. The highest BCUT2D eigenvalue weighted by Crippen LogP contribution is 2.17. The lowest BCUT2D eigenvalue weighted by molar-refractivity contribution is -0.123. The molecule has 0 bridgehead atoms. The Balaban J connectivity index is 1.84.